The fourth-order valence-corrected chi connectivity index (χ4v) is 2.73. The molecule has 19 heavy (non-hydrogen) atoms. The maximum absolute atomic E-state index is 11.0. The number of carbonyl (C=O) groups is 1. The molecular weight excluding hydrogens is 282 g/mol. The van der Waals surface area contributed by atoms with Gasteiger partial charge in [0, 0.05) is 22.5 Å². The van der Waals surface area contributed by atoms with E-state index in [0.29, 0.717) is 22.0 Å². The number of rotatable bonds is 4. The summed E-state index contributed by atoms with van der Waals surface area (Å²) < 4.78 is 0. The van der Waals surface area contributed by atoms with E-state index in [-0.39, 0.29) is 0 Å². The lowest BCUT2D eigenvalue weighted by Gasteiger charge is -2.06. The monoisotopic (exact) mass is 293 g/mol. The summed E-state index contributed by atoms with van der Waals surface area (Å²) in [6.45, 7) is 0. The SMILES string of the molecule is NC(=O)c1ccc(CSc2ncccc2N)c(Cl)c1. The van der Waals surface area contributed by atoms with Gasteiger partial charge >= 0.3 is 0 Å². The number of nitrogens with two attached hydrogens (primary N) is 2. The number of nitrogens with zero attached hydrogens (tertiary/aromatic N) is 1. The minimum absolute atomic E-state index is 0.399. The first-order valence-electron chi connectivity index (χ1n) is 5.49. The quantitative estimate of drug-likeness (QED) is 0.849. The van der Waals surface area contributed by atoms with E-state index in [1.807, 2.05) is 0 Å². The zero-order valence-corrected chi connectivity index (χ0v) is 11.5. The van der Waals surface area contributed by atoms with Gasteiger partial charge in [-0.05, 0) is 29.8 Å². The van der Waals surface area contributed by atoms with Gasteiger partial charge in [0.25, 0.3) is 0 Å². The number of pyridine rings is 1. The Bertz CT molecular complexity index is 619. The standard InChI is InChI=1S/C13H12ClN3OS/c14-10-6-8(12(16)18)3-4-9(10)7-19-13-11(15)2-1-5-17-13/h1-6H,7,15H2,(H2,16,18). The van der Waals surface area contributed by atoms with Crippen LogP contribution in [0.4, 0.5) is 5.69 Å². The van der Waals surface area contributed by atoms with Crippen LogP contribution in [-0.4, -0.2) is 10.9 Å². The molecule has 4 nitrogen and oxygen atoms in total. The number of nitrogen functional groups attached to an aromatic ring is 1. The molecular formula is C13H12ClN3OS. The van der Waals surface area contributed by atoms with Gasteiger partial charge in [0.1, 0.15) is 5.03 Å². The molecule has 4 N–H and O–H groups in total. The maximum Gasteiger partial charge on any atom is 0.248 e. The molecule has 0 aliphatic carbocycles. The second-order valence-electron chi connectivity index (χ2n) is 3.86. The number of thioether (sulfide) groups is 1. The zero-order valence-electron chi connectivity index (χ0n) is 9.97. The molecule has 0 fully saturated rings. The highest BCUT2D eigenvalue weighted by atomic mass is 35.5. The number of hydrogen-bond acceptors (Lipinski definition) is 4. The molecule has 98 valence electrons. The van der Waals surface area contributed by atoms with Crippen LogP contribution in [0.1, 0.15) is 15.9 Å². The van der Waals surface area contributed by atoms with Crippen molar-refractivity contribution in [3.63, 3.8) is 0 Å². The number of aromatic nitrogens is 1. The number of anilines is 1. The molecule has 0 unspecified atom stereocenters. The molecule has 0 spiro atoms. The molecule has 2 rings (SSSR count). The molecule has 2 aromatic rings. The largest absolute Gasteiger partial charge is 0.397 e. The van der Waals surface area contributed by atoms with Gasteiger partial charge in [-0.3, -0.25) is 4.79 Å². The molecule has 0 aliphatic heterocycles. The average molecular weight is 294 g/mol. The lowest BCUT2D eigenvalue weighted by Crippen LogP contribution is -2.10. The Labute approximate surface area is 120 Å². The van der Waals surface area contributed by atoms with Gasteiger partial charge in [0.05, 0.1) is 5.69 Å². The summed E-state index contributed by atoms with van der Waals surface area (Å²) in [6.07, 6.45) is 1.69. The summed E-state index contributed by atoms with van der Waals surface area (Å²) >= 11 is 7.60. The Morgan fingerprint density at radius 2 is 2.16 bits per heavy atom. The van der Waals surface area contributed by atoms with E-state index < -0.39 is 5.91 Å². The highest BCUT2D eigenvalue weighted by Crippen LogP contribution is 2.29. The molecule has 6 heteroatoms. The highest BCUT2D eigenvalue weighted by Gasteiger charge is 2.07. The molecule has 0 radical (unpaired) electrons. The van der Waals surface area contributed by atoms with Crippen molar-refractivity contribution in [3.05, 3.63) is 52.7 Å². The van der Waals surface area contributed by atoms with Crippen LogP contribution in [0.15, 0.2) is 41.6 Å². The maximum atomic E-state index is 11.0. The van der Waals surface area contributed by atoms with Gasteiger partial charge in [0.2, 0.25) is 5.91 Å². The van der Waals surface area contributed by atoms with Gasteiger partial charge in [-0.1, -0.05) is 29.4 Å². The molecule has 1 aromatic heterocycles. The van der Waals surface area contributed by atoms with Gasteiger partial charge in [0.15, 0.2) is 0 Å². The lowest BCUT2D eigenvalue weighted by atomic mass is 10.1. The lowest BCUT2D eigenvalue weighted by molar-refractivity contribution is 0.100. The first-order valence-corrected chi connectivity index (χ1v) is 6.86. The predicted octanol–water partition coefficient (Wildman–Crippen LogP) is 2.71. The van der Waals surface area contributed by atoms with E-state index in [9.17, 15) is 4.79 Å². The molecule has 0 bridgehead atoms. The third kappa shape index (κ3) is 3.39. The van der Waals surface area contributed by atoms with Crippen molar-refractivity contribution in [2.45, 2.75) is 10.8 Å². The van der Waals surface area contributed by atoms with Crippen LogP contribution in [0.5, 0.6) is 0 Å². The predicted molar refractivity (Wildman–Crippen MR) is 78.2 cm³/mol. The van der Waals surface area contributed by atoms with Crippen LogP contribution < -0.4 is 11.5 Å². The third-order valence-electron chi connectivity index (χ3n) is 2.50. The van der Waals surface area contributed by atoms with Gasteiger partial charge in [-0.25, -0.2) is 4.98 Å². The summed E-state index contributed by atoms with van der Waals surface area (Å²) in [5, 5.41) is 1.27. The molecule has 0 atom stereocenters. The van der Waals surface area contributed by atoms with E-state index in [1.54, 1.807) is 36.5 Å². The van der Waals surface area contributed by atoms with E-state index in [0.717, 1.165) is 10.6 Å². The topological polar surface area (TPSA) is 82.0 Å². The van der Waals surface area contributed by atoms with Crippen molar-refractivity contribution in [3.8, 4) is 0 Å². The van der Waals surface area contributed by atoms with Crippen LogP contribution in [-0.2, 0) is 5.75 Å². The third-order valence-corrected chi connectivity index (χ3v) is 3.92. The minimum Gasteiger partial charge on any atom is -0.397 e. The van der Waals surface area contributed by atoms with Gasteiger partial charge in [-0.2, -0.15) is 0 Å². The van der Waals surface area contributed by atoms with Crippen molar-refractivity contribution in [1.29, 1.82) is 0 Å². The van der Waals surface area contributed by atoms with Crippen molar-refractivity contribution >= 4 is 35.0 Å². The molecule has 1 aromatic carbocycles. The fraction of sp³-hybridized carbons (Fsp3) is 0.0769. The van der Waals surface area contributed by atoms with Crippen molar-refractivity contribution < 1.29 is 4.79 Å². The number of amides is 1. The van der Waals surface area contributed by atoms with E-state index in [1.165, 1.54) is 11.8 Å². The number of carbonyl (C=O) groups excluding carboxylic acids is 1. The first kappa shape index (κ1) is 13.7. The number of hydrogen-bond donors (Lipinski definition) is 2. The highest BCUT2D eigenvalue weighted by molar-refractivity contribution is 7.98. The smallest absolute Gasteiger partial charge is 0.248 e. The van der Waals surface area contributed by atoms with E-state index in [4.69, 9.17) is 23.1 Å². The second-order valence-corrected chi connectivity index (χ2v) is 5.23. The van der Waals surface area contributed by atoms with Crippen molar-refractivity contribution in [1.82, 2.24) is 4.98 Å². The summed E-state index contributed by atoms with van der Waals surface area (Å²) in [5.74, 6) is 0.133. The molecule has 1 amide bonds. The van der Waals surface area contributed by atoms with E-state index in [2.05, 4.69) is 4.98 Å². The summed E-state index contributed by atoms with van der Waals surface area (Å²) in [5.41, 5.74) is 12.9. The van der Waals surface area contributed by atoms with Crippen LogP contribution in [0.3, 0.4) is 0 Å². The molecule has 1 heterocycles. The Morgan fingerprint density at radius 3 is 2.79 bits per heavy atom. The summed E-state index contributed by atoms with van der Waals surface area (Å²) in [6, 6.07) is 8.60. The average Bonchev–Trinajstić information content (AvgIpc) is 2.39. The van der Waals surface area contributed by atoms with Crippen LogP contribution >= 0.6 is 23.4 Å². The van der Waals surface area contributed by atoms with Crippen LogP contribution in [0, 0.1) is 0 Å². The normalized spacial score (nSPS) is 10.4. The van der Waals surface area contributed by atoms with Crippen LogP contribution in [0.25, 0.3) is 0 Å². The Morgan fingerprint density at radius 1 is 1.37 bits per heavy atom. The van der Waals surface area contributed by atoms with Gasteiger partial charge < -0.3 is 11.5 Å². The number of benzene rings is 1. The fourth-order valence-electron chi connectivity index (χ4n) is 1.49. The summed E-state index contributed by atoms with van der Waals surface area (Å²) in [7, 11) is 0. The Kier molecular flexibility index (Phi) is 4.29. The van der Waals surface area contributed by atoms with Crippen molar-refractivity contribution in [2.75, 3.05) is 5.73 Å². The van der Waals surface area contributed by atoms with Gasteiger partial charge in [-0.15, -0.1) is 0 Å². The van der Waals surface area contributed by atoms with Crippen molar-refractivity contribution in [2.24, 2.45) is 5.73 Å². The first-order chi connectivity index (χ1) is 9.08. The molecule has 0 saturated carbocycles. The molecule has 0 saturated heterocycles. The minimum atomic E-state index is -0.491. The zero-order chi connectivity index (χ0) is 13.8. The van der Waals surface area contributed by atoms with Crippen LogP contribution in [0.2, 0.25) is 5.02 Å². The molecule has 0 aliphatic rings. The number of halogens is 1. The van der Waals surface area contributed by atoms with E-state index >= 15 is 0 Å². The Hall–Kier alpha value is -1.72. The summed E-state index contributed by atoms with van der Waals surface area (Å²) in [4.78, 5) is 15.2. The second kappa shape index (κ2) is 5.95. The Balaban J connectivity index is 2.12. The number of primary amides is 1.